The van der Waals surface area contributed by atoms with Crippen LogP contribution in [0.1, 0.15) is 89.6 Å². The highest BCUT2D eigenvalue weighted by molar-refractivity contribution is 6.31. The second-order valence-electron chi connectivity index (χ2n) is 11.2. The van der Waals surface area contributed by atoms with Crippen molar-refractivity contribution in [2.45, 2.75) is 83.3 Å². The van der Waals surface area contributed by atoms with E-state index in [1.54, 1.807) is 6.92 Å². The molecule has 3 aliphatic rings. The molecule has 44 heavy (non-hydrogen) atoms. The lowest BCUT2D eigenvalue weighted by molar-refractivity contribution is -0.272. The van der Waals surface area contributed by atoms with Gasteiger partial charge in [0.05, 0.1) is 36.0 Å². The first-order chi connectivity index (χ1) is 20.7. The number of aromatic hydroxyl groups is 2. The van der Waals surface area contributed by atoms with Gasteiger partial charge in [0.15, 0.2) is 24.0 Å². The number of phenolic OH excluding ortho intramolecular Hbond substituents is 2. The molecule has 1 heterocycles. The van der Waals surface area contributed by atoms with Gasteiger partial charge in [-0.3, -0.25) is 24.0 Å². The molecule has 0 amide bonds. The van der Waals surface area contributed by atoms with E-state index in [-0.39, 0.29) is 34.4 Å². The normalized spacial score (nSPS) is 27.5. The Morgan fingerprint density at radius 3 is 2.23 bits per heavy atom. The van der Waals surface area contributed by atoms with Crippen LogP contribution < -0.4 is 4.74 Å². The van der Waals surface area contributed by atoms with E-state index >= 15 is 0 Å². The van der Waals surface area contributed by atoms with Gasteiger partial charge in [-0.05, 0) is 19.9 Å². The first kappa shape index (κ1) is 31.1. The van der Waals surface area contributed by atoms with Gasteiger partial charge in [-0.15, -0.1) is 0 Å². The summed E-state index contributed by atoms with van der Waals surface area (Å²) in [6.45, 7) is 5.08. The zero-order valence-electron chi connectivity index (χ0n) is 24.7. The number of esters is 2. The van der Waals surface area contributed by atoms with E-state index in [2.05, 4.69) is 0 Å². The smallest absolute Gasteiger partial charge is 0.303 e. The topological polar surface area (TPSA) is 192 Å². The molecule has 13 heteroatoms. The lowest BCUT2D eigenvalue weighted by Crippen LogP contribution is -2.52. The van der Waals surface area contributed by atoms with E-state index in [9.17, 15) is 39.3 Å². The number of methoxy groups -OCH3 is 1. The molecule has 0 saturated carbocycles. The second-order valence-corrected chi connectivity index (χ2v) is 11.2. The summed E-state index contributed by atoms with van der Waals surface area (Å²) in [6.07, 6.45) is -6.39. The summed E-state index contributed by atoms with van der Waals surface area (Å²) in [7, 11) is 1.32. The Kier molecular flexibility index (Phi) is 7.99. The Labute approximate surface area is 251 Å². The Morgan fingerprint density at radius 2 is 1.61 bits per heavy atom. The van der Waals surface area contributed by atoms with Crippen molar-refractivity contribution in [1.82, 2.24) is 0 Å². The van der Waals surface area contributed by atoms with Gasteiger partial charge in [-0.2, -0.15) is 0 Å². The summed E-state index contributed by atoms with van der Waals surface area (Å²) in [5.74, 6) is -4.75. The molecule has 1 saturated heterocycles. The first-order valence-corrected chi connectivity index (χ1v) is 13.9. The zero-order chi connectivity index (χ0) is 32.2. The zero-order valence-corrected chi connectivity index (χ0v) is 24.7. The summed E-state index contributed by atoms with van der Waals surface area (Å²) in [6, 6.07) is 4.37. The molecule has 0 radical (unpaired) electrons. The van der Waals surface area contributed by atoms with Crippen LogP contribution in [0.5, 0.6) is 17.2 Å². The van der Waals surface area contributed by atoms with Crippen LogP contribution >= 0.6 is 0 Å². The molecule has 234 valence electrons. The fourth-order valence-electron chi connectivity index (χ4n) is 6.26. The number of ether oxygens (including phenoxy) is 5. The molecular weight excluding hydrogens is 580 g/mol. The maximum atomic E-state index is 13.8. The number of carbonyl (C=O) groups is 5. The minimum atomic E-state index is -2.09. The number of aliphatic hydroxyl groups is 1. The highest BCUT2D eigenvalue weighted by Gasteiger charge is 2.50. The number of hydrogen-bond acceptors (Lipinski definition) is 13. The second kappa shape index (κ2) is 11.3. The molecule has 13 nitrogen and oxygen atoms in total. The van der Waals surface area contributed by atoms with Crippen molar-refractivity contribution in [1.29, 1.82) is 0 Å². The average Bonchev–Trinajstić information content (AvgIpc) is 2.94. The molecule has 2 aromatic carbocycles. The van der Waals surface area contributed by atoms with Crippen LogP contribution in [-0.4, -0.2) is 81.9 Å². The van der Waals surface area contributed by atoms with E-state index in [1.165, 1.54) is 39.2 Å². The summed E-state index contributed by atoms with van der Waals surface area (Å²) >= 11 is 0. The molecule has 1 fully saturated rings. The summed E-state index contributed by atoms with van der Waals surface area (Å²) in [5, 5.41) is 34.4. The molecule has 0 bridgehead atoms. The fourth-order valence-corrected chi connectivity index (χ4v) is 6.26. The van der Waals surface area contributed by atoms with Crippen molar-refractivity contribution >= 4 is 29.3 Å². The van der Waals surface area contributed by atoms with Crippen LogP contribution in [-0.2, 0) is 39.8 Å². The quantitative estimate of drug-likeness (QED) is 0.271. The number of hydrogen-bond donors (Lipinski definition) is 3. The van der Waals surface area contributed by atoms with Crippen molar-refractivity contribution in [3.05, 3.63) is 51.6 Å². The summed E-state index contributed by atoms with van der Waals surface area (Å²) in [5.41, 5.74) is -3.45. The molecule has 3 N–H and O–H groups in total. The fraction of sp³-hybridized carbons (Fsp3) is 0.452. The van der Waals surface area contributed by atoms with E-state index in [1.807, 2.05) is 0 Å². The van der Waals surface area contributed by atoms with Gasteiger partial charge in [-0.1, -0.05) is 12.1 Å². The van der Waals surface area contributed by atoms with Crippen molar-refractivity contribution in [3.63, 3.8) is 0 Å². The third kappa shape index (κ3) is 5.10. The minimum absolute atomic E-state index is 0.0506. The van der Waals surface area contributed by atoms with Crippen LogP contribution in [0.25, 0.3) is 0 Å². The van der Waals surface area contributed by atoms with Crippen LogP contribution in [0, 0.1) is 0 Å². The van der Waals surface area contributed by atoms with Gasteiger partial charge in [0, 0.05) is 49.8 Å². The van der Waals surface area contributed by atoms with E-state index in [0.29, 0.717) is 0 Å². The number of fused-ring (bicyclic) bond motifs is 3. The molecule has 1 aliphatic heterocycles. The molecule has 6 atom stereocenters. The van der Waals surface area contributed by atoms with E-state index in [0.717, 1.165) is 6.92 Å². The lowest BCUT2D eigenvalue weighted by Gasteiger charge is -2.43. The van der Waals surface area contributed by atoms with Crippen molar-refractivity contribution < 1.29 is 63.0 Å². The highest BCUT2D eigenvalue weighted by atomic mass is 16.7. The molecule has 0 unspecified atom stereocenters. The maximum absolute atomic E-state index is 13.8. The molecule has 0 aromatic heterocycles. The van der Waals surface area contributed by atoms with Gasteiger partial charge < -0.3 is 39.0 Å². The lowest BCUT2D eigenvalue weighted by atomic mass is 9.72. The van der Waals surface area contributed by atoms with Gasteiger partial charge in [-0.25, -0.2) is 0 Å². The van der Waals surface area contributed by atoms with E-state index < -0.39 is 101 Å². The monoisotopic (exact) mass is 612 g/mol. The summed E-state index contributed by atoms with van der Waals surface area (Å²) in [4.78, 5) is 63.6. The SMILES string of the molecule is COc1cccc2c1C(=O)c1c(O)c3c(c(O)c1C2=O)C[C@@](O)(C(C)=O)C[C@@H]3O[C@H]1C[C@H](OC(C)=O)[C@H](OC(C)=O)[C@H](C)O1. The van der Waals surface area contributed by atoms with Crippen LogP contribution in [0.15, 0.2) is 18.2 Å². The molecule has 2 aromatic rings. The predicted octanol–water partition coefficient (Wildman–Crippen LogP) is 2.20. The largest absolute Gasteiger partial charge is 0.507 e. The van der Waals surface area contributed by atoms with Gasteiger partial charge >= 0.3 is 11.9 Å². The first-order valence-electron chi connectivity index (χ1n) is 13.9. The van der Waals surface area contributed by atoms with Gasteiger partial charge in [0.2, 0.25) is 5.78 Å². The Morgan fingerprint density at radius 1 is 0.955 bits per heavy atom. The summed E-state index contributed by atoms with van der Waals surface area (Å²) < 4.78 is 28.1. The third-order valence-electron chi connectivity index (χ3n) is 8.29. The number of ketones is 3. The van der Waals surface area contributed by atoms with Crippen LogP contribution in [0.2, 0.25) is 0 Å². The number of rotatable bonds is 6. The third-order valence-corrected chi connectivity index (χ3v) is 8.29. The predicted molar refractivity (Wildman–Crippen MR) is 147 cm³/mol. The number of Topliss-reactive ketones (excluding diaryl/α,β-unsaturated/α-hetero) is 1. The van der Waals surface area contributed by atoms with Crippen molar-refractivity contribution in [2.75, 3.05) is 7.11 Å². The number of benzene rings is 2. The van der Waals surface area contributed by atoms with E-state index in [4.69, 9.17) is 23.7 Å². The Hall–Kier alpha value is -4.33. The van der Waals surface area contributed by atoms with Crippen molar-refractivity contribution in [2.24, 2.45) is 0 Å². The standard InChI is InChI=1S/C31H32O13/c1-12-30(43-15(4)34)19(42-14(3)33)9-21(41-12)44-20-11-31(39,13(2)32)10-17-23(20)29(38)25-24(27(17)36)26(35)16-7-6-8-18(40-5)22(16)28(25)37/h6-8,12,19-21,30,36,38-39H,9-11H2,1-5H3/t12-,19-,20-,21-,30+,31-/m0/s1. The molecule has 0 spiro atoms. The van der Waals surface area contributed by atoms with Gasteiger partial charge in [0.25, 0.3) is 0 Å². The van der Waals surface area contributed by atoms with Crippen molar-refractivity contribution in [3.8, 4) is 17.2 Å². The molecule has 2 aliphatic carbocycles. The highest BCUT2D eigenvalue weighted by Crippen LogP contribution is 2.52. The Balaban J connectivity index is 1.61. The molecule has 5 rings (SSSR count). The average molecular weight is 613 g/mol. The number of phenols is 2. The van der Waals surface area contributed by atoms with Gasteiger partial charge in [0.1, 0.15) is 29.0 Å². The molecular formula is C31H32O13. The Bertz CT molecular complexity index is 1590. The maximum Gasteiger partial charge on any atom is 0.303 e. The van der Waals surface area contributed by atoms with Crippen LogP contribution in [0.4, 0.5) is 0 Å². The number of carbonyl (C=O) groups excluding carboxylic acids is 5. The minimum Gasteiger partial charge on any atom is -0.507 e. The van der Waals surface area contributed by atoms with Crippen LogP contribution in [0.3, 0.4) is 0 Å².